The van der Waals surface area contributed by atoms with Crippen LogP contribution in [0.1, 0.15) is 38.6 Å². The smallest absolute Gasteiger partial charge is 0.0850 e. The summed E-state index contributed by atoms with van der Waals surface area (Å²) in [5.74, 6) is 7.81. The van der Waals surface area contributed by atoms with Crippen LogP contribution < -0.4 is 11.3 Å². The van der Waals surface area contributed by atoms with Gasteiger partial charge in [-0.1, -0.05) is 25.4 Å². The summed E-state index contributed by atoms with van der Waals surface area (Å²) in [6.07, 6.45) is 2.88. The van der Waals surface area contributed by atoms with Crippen LogP contribution in [0.25, 0.3) is 0 Å². The number of rotatable bonds is 9. The highest BCUT2D eigenvalue weighted by atomic mass is 35.5. The van der Waals surface area contributed by atoms with Gasteiger partial charge in [-0.15, -0.1) is 0 Å². The minimum atomic E-state index is 0.237. The van der Waals surface area contributed by atoms with E-state index in [4.69, 9.17) is 17.4 Å². The molecule has 1 unspecified atom stereocenters. The molecular weight excluding hydrogens is 280 g/mol. The first-order valence-electron chi connectivity index (χ1n) is 6.95. The fraction of sp³-hybridized carbons (Fsp3) is 0.769. The number of hydrogen-bond donors (Lipinski definition) is 2. The maximum Gasteiger partial charge on any atom is 0.0850 e. The minimum absolute atomic E-state index is 0.237. The quantitative estimate of drug-likeness (QED) is 0.418. The lowest BCUT2D eigenvalue weighted by Crippen LogP contribution is -2.39. The van der Waals surface area contributed by atoms with E-state index in [1.54, 1.807) is 0 Å². The van der Waals surface area contributed by atoms with E-state index < -0.39 is 0 Å². The van der Waals surface area contributed by atoms with E-state index in [0.717, 1.165) is 41.5 Å². The van der Waals surface area contributed by atoms with Crippen molar-refractivity contribution in [2.45, 2.75) is 52.6 Å². The van der Waals surface area contributed by atoms with E-state index in [2.05, 4.69) is 31.3 Å². The van der Waals surface area contributed by atoms with Crippen LogP contribution in [0.5, 0.6) is 0 Å². The van der Waals surface area contributed by atoms with Crippen LogP contribution in [0.2, 0.25) is 5.02 Å². The molecule has 1 aromatic rings. The molecule has 110 valence electrons. The van der Waals surface area contributed by atoms with Gasteiger partial charge in [-0.2, -0.15) is 16.9 Å². The number of nitrogens with two attached hydrogens (primary N) is 1. The zero-order valence-corrected chi connectivity index (χ0v) is 13.7. The van der Waals surface area contributed by atoms with Gasteiger partial charge in [0.1, 0.15) is 0 Å². The second-order valence-corrected chi connectivity index (χ2v) is 6.05. The molecule has 4 nitrogen and oxygen atoms in total. The second kappa shape index (κ2) is 8.84. The maximum atomic E-state index is 6.41. The standard InChI is InChI=1S/C13H25ClN4S/c1-4-7-19-9-10(16-15)8-12-13(14)11(5-2)17-18(12)6-3/h10,16H,4-9,15H2,1-3H3. The Morgan fingerprint density at radius 3 is 2.68 bits per heavy atom. The number of hydrogen-bond acceptors (Lipinski definition) is 4. The van der Waals surface area contributed by atoms with Crippen LogP contribution in [-0.2, 0) is 19.4 Å². The molecule has 0 aliphatic carbocycles. The first kappa shape index (κ1) is 16.8. The van der Waals surface area contributed by atoms with Gasteiger partial charge < -0.3 is 0 Å². The summed E-state index contributed by atoms with van der Waals surface area (Å²) in [4.78, 5) is 0. The number of aromatic nitrogens is 2. The second-order valence-electron chi connectivity index (χ2n) is 4.52. The molecule has 0 saturated heterocycles. The lowest BCUT2D eigenvalue weighted by molar-refractivity contribution is 0.534. The Kier molecular flexibility index (Phi) is 7.83. The van der Waals surface area contributed by atoms with Gasteiger partial charge in [0.25, 0.3) is 0 Å². The third-order valence-electron chi connectivity index (χ3n) is 3.04. The molecule has 6 heteroatoms. The van der Waals surface area contributed by atoms with Crippen molar-refractivity contribution in [1.82, 2.24) is 15.2 Å². The van der Waals surface area contributed by atoms with Crippen molar-refractivity contribution < 1.29 is 0 Å². The number of nitrogens with one attached hydrogen (secondary N) is 1. The average molecular weight is 305 g/mol. The zero-order valence-electron chi connectivity index (χ0n) is 12.1. The van der Waals surface area contributed by atoms with E-state index in [1.165, 1.54) is 12.2 Å². The first-order chi connectivity index (χ1) is 9.17. The molecule has 0 radical (unpaired) electrons. The SMILES string of the molecule is CCCSCC(Cc1c(Cl)c(CC)nn1CC)NN. The fourth-order valence-electron chi connectivity index (χ4n) is 1.98. The van der Waals surface area contributed by atoms with E-state index in [1.807, 2.05) is 16.4 Å². The Morgan fingerprint density at radius 2 is 2.16 bits per heavy atom. The molecule has 0 aliphatic rings. The van der Waals surface area contributed by atoms with Crippen LogP contribution >= 0.6 is 23.4 Å². The highest BCUT2D eigenvalue weighted by molar-refractivity contribution is 7.99. The normalized spacial score (nSPS) is 12.9. The third-order valence-corrected chi connectivity index (χ3v) is 4.81. The highest BCUT2D eigenvalue weighted by Crippen LogP contribution is 2.23. The van der Waals surface area contributed by atoms with Crippen molar-refractivity contribution in [3.8, 4) is 0 Å². The Hall–Kier alpha value is -0.230. The molecule has 1 heterocycles. The lowest BCUT2D eigenvalue weighted by Gasteiger charge is -2.16. The minimum Gasteiger partial charge on any atom is -0.271 e. The molecule has 0 fully saturated rings. The van der Waals surface area contributed by atoms with Crippen molar-refractivity contribution in [2.24, 2.45) is 5.84 Å². The maximum absolute atomic E-state index is 6.41. The predicted octanol–water partition coefficient (Wildman–Crippen LogP) is 2.64. The molecule has 0 bridgehead atoms. The molecule has 1 rings (SSSR count). The van der Waals surface area contributed by atoms with Gasteiger partial charge in [0.05, 0.1) is 16.4 Å². The van der Waals surface area contributed by atoms with Gasteiger partial charge in [0.15, 0.2) is 0 Å². The van der Waals surface area contributed by atoms with E-state index in [-0.39, 0.29) is 6.04 Å². The molecule has 19 heavy (non-hydrogen) atoms. The first-order valence-corrected chi connectivity index (χ1v) is 8.48. The molecule has 0 aliphatic heterocycles. The van der Waals surface area contributed by atoms with Crippen LogP contribution in [0.15, 0.2) is 0 Å². The summed E-state index contributed by atoms with van der Waals surface area (Å²) in [6.45, 7) is 7.19. The van der Waals surface area contributed by atoms with Crippen LogP contribution in [0.4, 0.5) is 0 Å². The van der Waals surface area contributed by atoms with Crippen molar-refractivity contribution in [3.05, 3.63) is 16.4 Å². The van der Waals surface area contributed by atoms with Gasteiger partial charge in [-0.25, -0.2) is 0 Å². The van der Waals surface area contributed by atoms with Crippen molar-refractivity contribution in [1.29, 1.82) is 0 Å². The molecule has 0 amide bonds. The van der Waals surface area contributed by atoms with E-state index in [9.17, 15) is 0 Å². The van der Waals surface area contributed by atoms with Crippen molar-refractivity contribution in [2.75, 3.05) is 11.5 Å². The average Bonchev–Trinajstić information content (AvgIpc) is 2.74. The molecule has 3 N–H and O–H groups in total. The largest absolute Gasteiger partial charge is 0.271 e. The summed E-state index contributed by atoms with van der Waals surface area (Å²) in [7, 11) is 0. The van der Waals surface area contributed by atoms with Gasteiger partial charge in [0.2, 0.25) is 0 Å². The van der Waals surface area contributed by atoms with Crippen LogP contribution in [-0.4, -0.2) is 27.3 Å². The topological polar surface area (TPSA) is 55.9 Å². The number of hydrazine groups is 1. The van der Waals surface area contributed by atoms with Gasteiger partial charge in [-0.05, 0) is 25.5 Å². The van der Waals surface area contributed by atoms with Gasteiger partial charge >= 0.3 is 0 Å². The highest BCUT2D eigenvalue weighted by Gasteiger charge is 2.18. The Morgan fingerprint density at radius 1 is 1.42 bits per heavy atom. The van der Waals surface area contributed by atoms with Crippen molar-refractivity contribution >= 4 is 23.4 Å². The monoisotopic (exact) mass is 304 g/mol. The summed E-state index contributed by atoms with van der Waals surface area (Å²) < 4.78 is 2.00. The molecule has 0 spiro atoms. The Balaban J connectivity index is 2.75. The fourth-order valence-corrected chi connectivity index (χ4v) is 3.28. The predicted molar refractivity (Wildman–Crippen MR) is 84.7 cm³/mol. The van der Waals surface area contributed by atoms with Crippen molar-refractivity contribution in [3.63, 3.8) is 0 Å². The Labute approximate surface area is 125 Å². The molecule has 1 aromatic heterocycles. The van der Waals surface area contributed by atoms with Gasteiger partial charge in [0, 0.05) is 24.8 Å². The van der Waals surface area contributed by atoms with Gasteiger partial charge in [-0.3, -0.25) is 16.0 Å². The molecular formula is C13H25ClN4S. The Bertz CT molecular complexity index is 381. The lowest BCUT2D eigenvalue weighted by atomic mass is 10.1. The number of halogens is 1. The summed E-state index contributed by atoms with van der Waals surface area (Å²) >= 11 is 8.33. The third kappa shape index (κ3) is 4.67. The summed E-state index contributed by atoms with van der Waals surface area (Å²) in [6, 6.07) is 0.237. The van der Waals surface area contributed by atoms with E-state index in [0.29, 0.717) is 0 Å². The number of aryl methyl sites for hydroxylation is 2. The summed E-state index contributed by atoms with van der Waals surface area (Å²) in [5.41, 5.74) is 4.97. The van der Waals surface area contributed by atoms with Crippen LogP contribution in [0.3, 0.4) is 0 Å². The van der Waals surface area contributed by atoms with E-state index >= 15 is 0 Å². The number of thioether (sulfide) groups is 1. The molecule has 1 atom stereocenters. The summed E-state index contributed by atoms with van der Waals surface area (Å²) in [5, 5.41) is 5.35. The zero-order chi connectivity index (χ0) is 14.3. The molecule has 0 aromatic carbocycles. The molecule has 0 saturated carbocycles. The van der Waals surface area contributed by atoms with Crippen LogP contribution in [0, 0.1) is 0 Å². The number of nitrogens with zero attached hydrogens (tertiary/aromatic N) is 2.